The van der Waals surface area contributed by atoms with E-state index in [4.69, 9.17) is 0 Å². The van der Waals surface area contributed by atoms with Crippen LogP contribution in [0.15, 0.2) is 71.9 Å². The zero-order valence-electron chi connectivity index (χ0n) is 16.4. The van der Waals surface area contributed by atoms with Crippen LogP contribution in [0, 0.1) is 6.92 Å². The maximum atomic E-state index is 12.2. The summed E-state index contributed by atoms with van der Waals surface area (Å²) in [5.41, 5.74) is 3.18. The lowest BCUT2D eigenvalue weighted by molar-refractivity contribution is -0.113. The fourth-order valence-corrected chi connectivity index (χ4v) is 3.94. The Morgan fingerprint density at radius 2 is 1.76 bits per heavy atom. The van der Waals surface area contributed by atoms with Crippen molar-refractivity contribution >= 4 is 34.1 Å². The normalized spacial score (nSPS) is 11.0. The third-order valence-electron chi connectivity index (χ3n) is 4.82. The standard InChI is InChI=1S/C23H22N4OS/c1-16-10-12-19(13-11-16)24-22(28)15-29-23-26-25-21(27(23)2)14-18-8-5-7-17-6-3-4-9-20(17)18/h3-13H,14-15H2,1-2H3,(H,24,28). The molecule has 5 nitrogen and oxygen atoms in total. The van der Waals surface area contributed by atoms with Crippen molar-refractivity contribution < 1.29 is 4.79 Å². The molecular formula is C23H22N4OS. The van der Waals surface area contributed by atoms with Gasteiger partial charge in [-0.15, -0.1) is 10.2 Å². The van der Waals surface area contributed by atoms with Crippen molar-refractivity contribution in [2.75, 3.05) is 11.1 Å². The van der Waals surface area contributed by atoms with Crippen LogP contribution in [0.3, 0.4) is 0 Å². The van der Waals surface area contributed by atoms with Gasteiger partial charge in [0, 0.05) is 19.2 Å². The topological polar surface area (TPSA) is 59.8 Å². The van der Waals surface area contributed by atoms with Crippen LogP contribution in [0.25, 0.3) is 10.8 Å². The SMILES string of the molecule is Cc1ccc(NC(=O)CSc2nnc(Cc3cccc4ccccc34)n2C)cc1. The highest BCUT2D eigenvalue weighted by Gasteiger charge is 2.13. The zero-order valence-corrected chi connectivity index (χ0v) is 17.2. The molecular weight excluding hydrogens is 380 g/mol. The van der Waals surface area contributed by atoms with Crippen LogP contribution < -0.4 is 5.32 Å². The first-order valence-electron chi connectivity index (χ1n) is 9.44. The second kappa shape index (κ2) is 8.49. The van der Waals surface area contributed by atoms with E-state index in [1.54, 1.807) is 0 Å². The van der Waals surface area contributed by atoms with Gasteiger partial charge in [0.1, 0.15) is 5.82 Å². The second-order valence-electron chi connectivity index (χ2n) is 6.98. The number of hydrogen-bond donors (Lipinski definition) is 1. The van der Waals surface area contributed by atoms with Crippen molar-refractivity contribution in [3.63, 3.8) is 0 Å². The Labute approximate surface area is 174 Å². The van der Waals surface area contributed by atoms with E-state index in [0.29, 0.717) is 6.42 Å². The van der Waals surface area contributed by atoms with Gasteiger partial charge >= 0.3 is 0 Å². The van der Waals surface area contributed by atoms with E-state index >= 15 is 0 Å². The number of nitrogens with zero attached hydrogens (tertiary/aromatic N) is 3. The van der Waals surface area contributed by atoms with Gasteiger partial charge in [-0.25, -0.2) is 0 Å². The summed E-state index contributed by atoms with van der Waals surface area (Å²) >= 11 is 1.39. The van der Waals surface area contributed by atoms with E-state index in [1.807, 2.05) is 48.9 Å². The number of fused-ring (bicyclic) bond motifs is 1. The van der Waals surface area contributed by atoms with Gasteiger partial charge in [-0.1, -0.05) is 71.9 Å². The highest BCUT2D eigenvalue weighted by molar-refractivity contribution is 7.99. The first-order valence-corrected chi connectivity index (χ1v) is 10.4. The largest absolute Gasteiger partial charge is 0.325 e. The van der Waals surface area contributed by atoms with Crippen LogP contribution >= 0.6 is 11.8 Å². The van der Waals surface area contributed by atoms with E-state index in [1.165, 1.54) is 28.1 Å². The van der Waals surface area contributed by atoms with E-state index in [0.717, 1.165) is 22.2 Å². The van der Waals surface area contributed by atoms with E-state index in [2.05, 4.69) is 51.9 Å². The van der Waals surface area contributed by atoms with Gasteiger partial charge in [0.15, 0.2) is 5.16 Å². The minimum Gasteiger partial charge on any atom is -0.325 e. The molecule has 0 saturated heterocycles. The molecule has 0 aliphatic carbocycles. The van der Waals surface area contributed by atoms with E-state index in [-0.39, 0.29) is 11.7 Å². The summed E-state index contributed by atoms with van der Waals surface area (Å²) < 4.78 is 1.96. The number of benzene rings is 3. The summed E-state index contributed by atoms with van der Waals surface area (Å²) in [5, 5.41) is 14.7. The molecule has 0 fully saturated rings. The fraction of sp³-hybridized carbons (Fsp3) is 0.174. The maximum absolute atomic E-state index is 12.2. The van der Waals surface area contributed by atoms with Crippen LogP contribution in [-0.2, 0) is 18.3 Å². The number of anilines is 1. The summed E-state index contributed by atoms with van der Waals surface area (Å²) in [5.74, 6) is 1.11. The average Bonchev–Trinajstić information content (AvgIpc) is 3.08. The molecule has 1 amide bonds. The monoisotopic (exact) mass is 402 g/mol. The van der Waals surface area contributed by atoms with Crippen molar-refractivity contribution in [1.82, 2.24) is 14.8 Å². The molecule has 1 aromatic heterocycles. The van der Waals surface area contributed by atoms with Gasteiger partial charge in [-0.3, -0.25) is 4.79 Å². The van der Waals surface area contributed by atoms with Crippen LogP contribution in [0.4, 0.5) is 5.69 Å². The predicted molar refractivity (Wildman–Crippen MR) is 118 cm³/mol. The molecule has 1 heterocycles. The molecule has 0 saturated carbocycles. The molecule has 29 heavy (non-hydrogen) atoms. The molecule has 146 valence electrons. The van der Waals surface area contributed by atoms with Crippen molar-refractivity contribution in [1.29, 1.82) is 0 Å². The molecule has 0 aliphatic heterocycles. The highest BCUT2D eigenvalue weighted by atomic mass is 32.2. The molecule has 4 rings (SSSR count). The molecule has 3 aromatic carbocycles. The number of carbonyl (C=O) groups excluding carboxylic acids is 1. The third kappa shape index (κ3) is 4.49. The van der Waals surface area contributed by atoms with Crippen LogP contribution in [0.1, 0.15) is 17.0 Å². The minimum atomic E-state index is -0.0579. The van der Waals surface area contributed by atoms with Gasteiger partial charge in [0.05, 0.1) is 5.75 Å². The van der Waals surface area contributed by atoms with E-state index < -0.39 is 0 Å². The minimum absolute atomic E-state index is 0.0579. The Bertz CT molecular complexity index is 1150. The quantitative estimate of drug-likeness (QED) is 0.479. The Morgan fingerprint density at radius 1 is 1.00 bits per heavy atom. The number of amides is 1. The highest BCUT2D eigenvalue weighted by Crippen LogP contribution is 2.22. The van der Waals surface area contributed by atoms with Crippen molar-refractivity contribution in [2.24, 2.45) is 7.05 Å². The number of nitrogens with one attached hydrogen (secondary N) is 1. The Morgan fingerprint density at radius 3 is 2.59 bits per heavy atom. The first kappa shape index (κ1) is 19.2. The lowest BCUT2D eigenvalue weighted by Gasteiger charge is -2.07. The predicted octanol–water partition coefficient (Wildman–Crippen LogP) is 4.60. The average molecular weight is 403 g/mol. The van der Waals surface area contributed by atoms with Gasteiger partial charge < -0.3 is 9.88 Å². The molecule has 4 aromatic rings. The fourth-order valence-electron chi connectivity index (χ4n) is 3.21. The number of hydrogen-bond acceptors (Lipinski definition) is 4. The number of rotatable bonds is 6. The molecule has 1 N–H and O–H groups in total. The Kier molecular flexibility index (Phi) is 5.62. The molecule has 0 unspecified atom stereocenters. The van der Waals surface area contributed by atoms with Gasteiger partial charge in [0.2, 0.25) is 5.91 Å². The molecule has 0 spiro atoms. The van der Waals surface area contributed by atoms with Crippen LogP contribution in [0.2, 0.25) is 0 Å². The lowest BCUT2D eigenvalue weighted by Crippen LogP contribution is -2.14. The number of carbonyl (C=O) groups is 1. The van der Waals surface area contributed by atoms with E-state index in [9.17, 15) is 4.79 Å². The van der Waals surface area contributed by atoms with Crippen LogP contribution in [-0.4, -0.2) is 26.4 Å². The molecule has 0 bridgehead atoms. The number of thioether (sulfide) groups is 1. The Balaban J connectivity index is 1.42. The summed E-state index contributed by atoms with van der Waals surface area (Å²) in [6.45, 7) is 2.02. The summed E-state index contributed by atoms with van der Waals surface area (Å²) in [7, 11) is 1.95. The maximum Gasteiger partial charge on any atom is 0.234 e. The zero-order chi connectivity index (χ0) is 20.2. The summed E-state index contributed by atoms with van der Waals surface area (Å²) in [6.07, 6.45) is 0.695. The van der Waals surface area contributed by atoms with Crippen LogP contribution in [0.5, 0.6) is 0 Å². The summed E-state index contributed by atoms with van der Waals surface area (Å²) in [6, 6.07) is 22.4. The first-order chi connectivity index (χ1) is 14.1. The van der Waals surface area contributed by atoms with Gasteiger partial charge in [0.25, 0.3) is 0 Å². The molecule has 0 atom stereocenters. The Hall–Kier alpha value is -3.12. The number of aromatic nitrogens is 3. The third-order valence-corrected chi connectivity index (χ3v) is 5.84. The van der Waals surface area contributed by atoms with Gasteiger partial charge in [-0.05, 0) is 35.4 Å². The van der Waals surface area contributed by atoms with Crippen molar-refractivity contribution in [3.8, 4) is 0 Å². The molecule has 6 heteroatoms. The van der Waals surface area contributed by atoms with Gasteiger partial charge in [-0.2, -0.15) is 0 Å². The molecule has 0 radical (unpaired) electrons. The van der Waals surface area contributed by atoms with Crippen molar-refractivity contribution in [2.45, 2.75) is 18.5 Å². The lowest BCUT2D eigenvalue weighted by atomic mass is 10.0. The molecule has 0 aliphatic rings. The smallest absolute Gasteiger partial charge is 0.234 e. The summed E-state index contributed by atoms with van der Waals surface area (Å²) in [4.78, 5) is 12.2. The second-order valence-corrected chi connectivity index (χ2v) is 7.92. The number of aryl methyl sites for hydroxylation is 1. The van der Waals surface area contributed by atoms with Crippen molar-refractivity contribution in [3.05, 3.63) is 83.7 Å².